The van der Waals surface area contributed by atoms with E-state index in [0.717, 1.165) is 18.2 Å². The Hall–Kier alpha value is -1.21. The Morgan fingerprint density at radius 3 is 2.09 bits per heavy atom. The molecule has 0 aliphatic heterocycles. The zero-order valence-corrected chi connectivity index (χ0v) is 13.5. The van der Waals surface area contributed by atoms with E-state index >= 15 is 0 Å². The van der Waals surface area contributed by atoms with Gasteiger partial charge in [-0.25, -0.2) is 4.39 Å². The molecule has 1 atom stereocenters. The van der Waals surface area contributed by atoms with Gasteiger partial charge in [-0.3, -0.25) is 0 Å². The van der Waals surface area contributed by atoms with Crippen molar-refractivity contribution in [2.75, 3.05) is 0 Å². The second-order valence-electron chi connectivity index (χ2n) is 4.35. The second kappa shape index (κ2) is 7.57. The summed E-state index contributed by atoms with van der Waals surface area (Å²) in [6, 6.07) is 6.18. The van der Waals surface area contributed by atoms with Gasteiger partial charge in [0.1, 0.15) is 11.6 Å². The fourth-order valence-corrected chi connectivity index (χ4v) is 2.31. The van der Waals surface area contributed by atoms with Crippen LogP contribution >= 0.6 is 35.6 Å². The summed E-state index contributed by atoms with van der Waals surface area (Å²) in [5, 5.41) is 0.0929. The van der Waals surface area contributed by atoms with Crippen LogP contribution in [-0.2, 0) is 0 Å². The van der Waals surface area contributed by atoms with Gasteiger partial charge in [-0.15, -0.1) is 25.6 Å². The Labute approximate surface area is 145 Å². The molecule has 0 aliphatic carbocycles. The van der Waals surface area contributed by atoms with Gasteiger partial charge in [0, 0.05) is 5.56 Å². The first-order chi connectivity index (χ1) is 10.2. The van der Waals surface area contributed by atoms with Gasteiger partial charge in [-0.2, -0.15) is 0 Å². The molecule has 0 amide bonds. The van der Waals surface area contributed by atoms with Gasteiger partial charge < -0.3 is 10.5 Å². The van der Waals surface area contributed by atoms with E-state index in [1.807, 2.05) is 0 Å². The highest BCUT2D eigenvalue weighted by Gasteiger charge is 2.31. The molecular weight excluding hydrogens is 381 g/mol. The maximum absolute atomic E-state index is 13.9. The fraction of sp³-hybridized carbons (Fsp3) is 0.143. The maximum Gasteiger partial charge on any atom is 0.573 e. The van der Waals surface area contributed by atoms with E-state index in [1.165, 1.54) is 18.2 Å². The van der Waals surface area contributed by atoms with Crippen LogP contribution in [0.1, 0.15) is 17.2 Å². The first-order valence-corrected chi connectivity index (χ1v) is 6.69. The lowest BCUT2D eigenvalue weighted by molar-refractivity contribution is -0.274. The summed E-state index contributed by atoms with van der Waals surface area (Å²) in [5.74, 6) is -1.06. The summed E-state index contributed by atoms with van der Waals surface area (Å²) in [4.78, 5) is 0. The molecule has 2 aromatic rings. The van der Waals surface area contributed by atoms with Gasteiger partial charge in [-0.05, 0) is 29.8 Å². The molecule has 0 aromatic heterocycles. The molecule has 0 fully saturated rings. The monoisotopic (exact) mass is 389 g/mol. The minimum absolute atomic E-state index is 0. The van der Waals surface area contributed by atoms with Crippen molar-refractivity contribution in [3.63, 3.8) is 0 Å². The standard InChI is InChI=1S/C14H9Cl2F4NO.ClH/c15-9-5-6-10(17)11(12(9)16)13(21)7-1-3-8(4-2-7)22-14(18,19)20;/h1-6,13H,21H2;1H/t13-;/m1./s1. The second-order valence-corrected chi connectivity index (χ2v) is 5.14. The highest BCUT2D eigenvalue weighted by Crippen LogP contribution is 2.34. The molecule has 2 aromatic carbocycles. The summed E-state index contributed by atoms with van der Waals surface area (Å²) in [7, 11) is 0. The lowest BCUT2D eigenvalue weighted by Gasteiger charge is -2.16. The SMILES string of the molecule is Cl.N[C@H](c1ccc(OC(F)(F)F)cc1)c1c(F)ccc(Cl)c1Cl. The van der Waals surface area contributed by atoms with Crippen molar-refractivity contribution in [1.82, 2.24) is 0 Å². The van der Waals surface area contributed by atoms with E-state index < -0.39 is 24.0 Å². The quantitative estimate of drug-likeness (QED) is 0.555. The Morgan fingerprint density at radius 1 is 1.00 bits per heavy atom. The predicted octanol–water partition coefficient (Wildman–Crippen LogP) is 5.50. The smallest absolute Gasteiger partial charge is 0.406 e. The fourth-order valence-electron chi connectivity index (χ4n) is 1.87. The van der Waals surface area contributed by atoms with Crippen molar-refractivity contribution in [2.45, 2.75) is 12.4 Å². The third-order valence-electron chi connectivity index (χ3n) is 2.86. The molecule has 0 spiro atoms. The molecule has 2 nitrogen and oxygen atoms in total. The van der Waals surface area contributed by atoms with Crippen molar-refractivity contribution in [2.24, 2.45) is 5.73 Å². The number of hydrogen-bond acceptors (Lipinski definition) is 2. The molecule has 2 N–H and O–H groups in total. The number of nitrogens with two attached hydrogens (primary N) is 1. The van der Waals surface area contributed by atoms with E-state index in [9.17, 15) is 17.6 Å². The third kappa shape index (κ3) is 4.88. The minimum atomic E-state index is -4.79. The van der Waals surface area contributed by atoms with Gasteiger partial charge >= 0.3 is 6.36 Å². The summed E-state index contributed by atoms with van der Waals surface area (Å²) >= 11 is 11.8. The number of rotatable bonds is 3. The molecule has 0 saturated heterocycles. The van der Waals surface area contributed by atoms with Crippen LogP contribution in [0, 0.1) is 5.82 Å². The van der Waals surface area contributed by atoms with E-state index in [1.54, 1.807) is 0 Å². The van der Waals surface area contributed by atoms with Crippen LogP contribution in [0.2, 0.25) is 10.0 Å². The van der Waals surface area contributed by atoms with Gasteiger partial charge in [0.05, 0.1) is 16.1 Å². The number of benzene rings is 2. The maximum atomic E-state index is 13.9. The number of ether oxygens (including phenoxy) is 1. The zero-order chi connectivity index (χ0) is 16.5. The van der Waals surface area contributed by atoms with Gasteiger partial charge in [-0.1, -0.05) is 35.3 Å². The third-order valence-corrected chi connectivity index (χ3v) is 3.68. The molecule has 0 radical (unpaired) electrons. The van der Waals surface area contributed by atoms with Gasteiger partial charge in [0.2, 0.25) is 0 Å². The molecular formula is C14H10Cl3F4NO. The van der Waals surface area contributed by atoms with Crippen LogP contribution in [0.25, 0.3) is 0 Å². The molecule has 126 valence electrons. The normalized spacial score (nSPS) is 12.5. The molecule has 0 saturated carbocycles. The Morgan fingerprint density at radius 2 is 1.57 bits per heavy atom. The van der Waals surface area contributed by atoms with Crippen molar-refractivity contribution < 1.29 is 22.3 Å². The average molecular weight is 391 g/mol. The summed E-state index contributed by atoms with van der Waals surface area (Å²) in [5.41, 5.74) is 6.25. The topological polar surface area (TPSA) is 35.2 Å². The molecule has 2 rings (SSSR count). The van der Waals surface area contributed by atoms with Gasteiger partial charge in [0.25, 0.3) is 0 Å². The number of halogens is 7. The van der Waals surface area contributed by atoms with Crippen LogP contribution in [0.15, 0.2) is 36.4 Å². The largest absolute Gasteiger partial charge is 0.573 e. The van der Waals surface area contributed by atoms with Crippen molar-refractivity contribution in [3.05, 3.63) is 63.4 Å². The highest BCUT2D eigenvalue weighted by atomic mass is 35.5. The number of hydrogen-bond donors (Lipinski definition) is 1. The van der Waals surface area contributed by atoms with E-state index in [0.29, 0.717) is 5.56 Å². The van der Waals surface area contributed by atoms with Crippen molar-refractivity contribution >= 4 is 35.6 Å². The Bertz CT molecular complexity index is 677. The number of alkyl halides is 3. The van der Waals surface area contributed by atoms with E-state index in [4.69, 9.17) is 28.9 Å². The molecule has 23 heavy (non-hydrogen) atoms. The average Bonchev–Trinajstić information content (AvgIpc) is 2.42. The van der Waals surface area contributed by atoms with Crippen molar-refractivity contribution in [3.8, 4) is 5.75 Å². The summed E-state index contributed by atoms with van der Waals surface area (Å²) in [6.45, 7) is 0. The summed E-state index contributed by atoms with van der Waals surface area (Å²) in [6.07, 6.45) is -4.79. The van der Waals surface area contributed by atoms with E-state index in [-0.39, 0.29) is 28.0 Å². The van der Waals surface area contributed by atoms with Gasteiger partial charge in [0.15, 0.2) is 0 Å². The van der Waals surface area contributed by atoms with Crippen LogP contribution in [-0.4, -0.2) is 6.36 Å². The van der Waals surface area contributed by atoms with Crippen LogP contribution in [0.5, 0.6) is 5.75 Å². The zero-order valence-electron chi connectivity index (χ0n) is 11.2. The Kier molecular flexibility index (Phi) is 6.53. The molecule has 0 aliphatic rings. The van der Waals surface area contributed by atoms with Crippen molar-refractivity contribution in [1.29, 1.82) is 0 Å². The minimum Gasteiger partial charge on any atom is -0.406 e. The lowest BCUT2D eigenvalue weighted by atomic mass is 9.99. The highest BCUT2D eigenvalue weighted by molar-refractivity contribution is 6.42. The first-order valence-electron chi connectivity index (χ1n) is 5.93. The predicted molar refractivity (Wildman–Crippen MR) is 82.8 cm³/mol. The summed E-state index contributed by atoms with van der Waals surface area (Å²) < 4.78 is 53.9. The first kappa shape index (κ1) is 19.8. The molecule has 9 heteroatoms. The van der Waals surface area contributed by atoms with Crippen LogP contribution in [0.3, 0.4) is 0 Å². The van der Waals surface area contributed by atoms with E-state index in [2.05, 4.69) is 4.74 Å². The molecule has 0 bridgehead atoms. The molecule has 0 heterocycles. The Balaban J connectivity index is 0.00000264. The van der Waals surface area contributed by atoms with Crippen LogP contribution < -0.4 is 10.5 Å². The van der Waals surface area contributed by atoms with Crippen LogP contribution in [0.4, 0.5) is 17.6 Å². The lowest BCUT2D eigenvalue weighted by Crippen LogP contribution is -2.17. The molecule has 0 unspecified atom stereocenters.